The Morgan fingerprint density at radius 1 is 1.33 bits per heavy atom. The molecule has 1 saturated heterocycles. The largest absolute Gasteiger partial charge is 0.334 e. The molecule has 1 unspecified atom stereocenters. The Balaban J connectivity index is 2.41. The van der Waals surface area contributed by atoms with Crippen LogP contribution < -0.4 is 5.32 Å². The van der Waals surface area contributed by atoms with Crippen molar-refractivity contribution < 1.29 is 14.4 Å². The Hall–Kier alpha value is -1.94. The highest BCUT2D eigenvalue weighted by Gasteiger charge is 2.50. The monoisotopic (exact) mass is 249 g/mol. The predicted octanol–water partition coefficient (Wildman–Crippen LogP) is 1.93. The summed E-state index contributed by atoms with van der Waals surface area (Å²) in [6.45, 7) is 5.83. The average Bonchev–Trinajstić information content (AvgIpc) is 2.12. The molecule has 1 aliphatic heterocycles. The quantitative estimate of drug-likeness (QED) is 0.600. The third-order valence-electron chi connectivity index (χ3n) is 3.29. The molecule has 0 aromatic carbocycles. The van der Waals surface area contributed by atoms with Gasteiger partial charge in [0.15, 0.2) is 0 Å². The van der Waals surface area contributed by atoms with Crippen LogP contribution in [-0.4, -0.2) is 28.6 Å². The number of urea groups is 2. The van der Waals surface area contributed by atoms with Gasteiger partial charge in [0.2, 0.25) is 6.08 Å². The first-order valence-corrected chi connectivity index (χ1v) is 5.72. The maximum absolute atomic E-state index is 11.5. The van der Waals surface area contributed by atoms with Crippen molar-refractivity contribution in [1.82, 2.24) is 10.2 Å². The number of rotatable bonds is 2. The summed E-state index contributed by atoms with van der Waals surface area (Å²) in [7, 11) is 0. The topological polar surface area (TPSA) is 78.8 Å². The summed E-state index contributed by atoms with van der Waals surface area (Å²) in [5.41, 5.74) is -0.317. The van der Waals surface area contributed by atoms with Gasteiger partial charge in [0.05, 0.1) is 11.2 Å². The van der Waals surface area contributed by atoms with E-state index in [9.17, 15) is 14.4 Å². The van der Waals surface area contributed by atoms with Crippen molar-refractivity contribution in [1.29, 1.82) is 0 Å². The normalized spacial score (nSPS) is 29.9. The minimum atomic E-state index is -0.739. The molecule has 1 aliphatic carbocycles. The molecule has 4 amide bonds. The fraction of sp³-hybridized carbons (Fsp3) is 0.583. The number of hydrogen-bond donors (Lipinski definition) is 1. The van der Waals surface area contributed by atoms with E-state index < -0.39 is 17.6 Å². The van der Waals surface area contributed by atoms with Crippen molar-refractivity contribution in [2.45, 2.75) is 39.2 Å². The second-order valence-electron chi connectivity index (χ2n) is 5.78. The highest BCUT2D eigenvalue weighted by molar-refractivity contribution is 6.12. The zero-order valence-corrected chi connectivity index (χ0v) is 10.6. The van der Waals surface area contributed by atoms with Crippen molar-refractivity contribution in [2.24, 2.45) is 10.4 Å². The van der Waals surface area contributed by atoms with E-state index in [4.69, 9.17) is 0 Å². The van der Waals surface area contributed by atoms with Gasteiger partial charge in [-0.2, -0.15) is 4.99 Å². The first-order chi connectivity index (χ1) is 8.27. The number of isocyanates is 1. The standard InChI is InChI=1S/C12H15N3O3/c1-11(2)4-8(13-7-16)5-12(3,6-11)15-9(17)14-10(15)18/h5H,4,6H2,1-3H3,(H,14,17,18). The van der Waals surface area contributed by atoms with Gasteiger partial charge in [0.1, 0.15) is 0 Å². The van der Waals surface area contributed by atoms with Crippen LogP contribution in [-0.2, 0) is 4.79 Å². The molecular formula is C12H15N3O3. The van der Waals surface area contributed by atoms with E-state index in [1.807, 2.05) is 13.8 Å². The smallest absolute Gasteiger partial charge is 0.259 e. The molecule has 1 fully saturated rings. The number of nitrogens with one attached hydrogen (secondary N) is 1. The van der Waals surface area contributed by atoms with E-state index >= 15 is 0 Å². The predicted molar refractivity (Wildman–Crippen MR) is 63.4 cm³/mol. The SMILES string of the molecule is CC1(C)CC(N=C=O)=CC(C)(N2C(=O)NC2=O)C1. The molecule has 18 heavy (non-hydrogen) atoms. The number of allylic oxidation sites excluding steroid dienone is 1. The van der Waals surface area contributed by atoms with Gasteiger partial charge in [0, 0.05) is 0 Å². The summed E-state index contributed by atoms with van der Waals surface area (Å²) >= 11 is 0. The Kier molecular flexibility index (Phi) is 2.63. The lowest BCUT2D eigenvalue weighted by Gasteiger charge is -2.48. The van der Waals surface area contributed by atoms with Gasteiger partial charge in [-0.1, -0.05) is 13.8 Å². The molecule has 0 saturated carbocycles. The summed E-state index contributed by atoms with van der Waals surface area (Å²) < 4.78 is 0. The fourth-order valence-electron chi connectivity index (χ4n) is 2.96. The van der Waals surface area contributed by atoms with Crippen LogP contribution >= 0.6 is 0 Å². The van der Waals surface area contributed by atoms with Gasteiger partial charge in [-0.05, 0) is 31.3 Å². The second-order valence-corrected chi connectivity index (χ2v) is 5.78. The Morgan fingerprint density at radius 3 is 2.44 bits per heavy atom. The molecule has 2 aliphatic rings. The van der Waals surface area contributed by atoms with Crippen molar-refractivity contribution in [3.63, 3.8) is 0 Å². The molecule has 0 radical (unpaired) electrons. The minimum Gasteiger partial charge on any atom is -0.259 e. The van der Waals surface area contributed by atoms with Crippen LogP contribution in [0.25, 0.3) is 0 Å². The van der Waals surface area contributed by atoms with E-state index in [2.05, 4.69) is 10.3 Å². The van der Waals surface area contributed by atoms with Crippen molar-refractivity contribution >= 4 is 18.1 Å². The van der Waals surface area contributed by atoms with Crippen LogP contribution in [0.1, 0.15) is 33.6 Å². The molecule has 0 aromatic rings. The highest BCUT2D eigenvalue weighted by atomic mass is 16.2. The van der Waals surface area contributed by atoms with Gasteiger partial charge in [-0.25, -0.2) is 19.3 Å². The molecule has 1 atom stereocenters. The summed E-state index contributed by atoms with van der Waals surface area (Å²) in [5, 5.41) is 2.16. The van der Waals surface area contributed by atoms with E-state index in [0.717, 1.165) is 0 Å². The number of amides is 4. The number of aliphatic imine (C=N–C) groups is 1. The van der Waals surface area contributed by atoms with E-state index in [1.54, 1.807) is 13.0 Å². The molecule has 0 aromatic heterocycles. The molecular weight excluding hydrogens is 234 g/mol. The van der Waals surface area contributed by atoms with Gasteiger partial charge in [-0.3, -0.25) is 5.32 Å². The number of carbonyl (C=O) groups excluding carboxylic acids is 3. The zero-order valence-electron chi connectivity index (χ0n) is 10.6. The highest BCUT2D eigenvalue weighted by Crippen LogP contribution is 2.44. The summed E-state index contributed by atoms with van der Waals surface area (Å²) in [6.07, 6.45) is 4.48. The molecule has 1 heterocycles. The number of hydrogen-bond acceptors (Lipinski definition) is 4. The average molecular weight is 249 g/mol. The van der Waals surface area contributed by atoms with Crippen LogP contribution in [0, 0.1) is 5.41 Å². The molecule has 96 valence electrons. The summed E-state index contributed by atoms with van der Waals surface area (Å²) in [5.74, 6) is 0. The third-order valence-corrected chi connectivity index (χ3v) is 3.29. The number of nitrogens with zero attached hydrogens (tertiary/aromatic N) is 2. The molecule has 0 bridgehead atoms. The van der Waals surface area contributed by atoms with Crippen LogP contribution in [0.15, 0.2) is 16.8 Å². The van der Waals surface area contributed by atoms with Crippen molar-refractivity contribution in [3.8, 4) is 0 Å². The van der Waals surface area contributed by atoms with E-state index in [0.29, 0.717) is 18.5 Å². The maximum atomic E-state index is 11.5. The molecule has 2 rings (SSSR count). The molecule has 1 N–H and O–H groups in total. The van der Waals surface area contributed by atoms with Gasteiger partial charge in [0.25, 0.3) is 0 Å². The summed E-state index contributed by atoms with van der Waals surface area (Å²) in [4.78, 5) is 38.2. The lowest BCUT2D eigenvalue weighted by Crippen LogP contribution is -2.69. The number of imide groups is 2. The van der Waals surface area contributed by atoms with E-state index in [-0.39, 0.29) is 5.41 Å². The Morgan fingerprint density at radius 2 is 1.94 bits per heavy atom. The van der Waals surface area contributed by atoms with E-state index in [1.165, 1.54) is 11.0 Å². The maximum Gasteiger partial charge on any atom is 0.334 e. The van der Waals surface area contributed by atoms with Crippen LogP contribution in [0.2, 0.25) is 0 Å². The lowest BCUT2D eigenvalue weighted by atomic mass is 9.70. The van der Waals surface area contributed by atoms with Crippen LogP contribution in [0.4, 0.5) is 9.59 Å². The fourth-order valence-corrected chi connectivity index (χ4v) is 2.96. The zero-order chi connectivity index (χ0) is 13.6. The Labute approximate surface area is 105 Å². The molecule has 6 heteroatoms. The first kappa shape index (κ1) is 12.5. The Bertz CT molecular complexity index is 489. The lowest BCUT2D eigenvalue weighted by molar-refractivity contribution is 0.0961. The van der Waals surface area contributed by atoms with Gasteiger partial charge >= 0.3 is 12.1 Å². The van der Waals surface area contributed by atoms with Crippen molar-refractivity contribution in [2.75, 3.05) is 0 Å². The van der Waals surface area contributed by atoms with Crippen LogP contribution in [0.3, 0.4) is 0 Å². The number of carbonyl (C=O) groups is 2. The first-order valence-electron chi connectivity index (χ1n) is 5.72. The summed E-state index contributed by atoms with van der Waals surface area (Å²) in [6, 6.07) is -0.822. The molecule has 6 nitrogen and oxygen atoms in total. The second kappa shape index (κ2) is 3.78. The van der Waals surface area contributed by atoms with Crippen molar-refractivity contribution in [3.05, 3.63) is 11.8 Å². The third kappa shape index (κ3) is 1.95. The van der Waals surface area contributed by atoms with Crippen LogP contribution in [0.5, 0.6) is 0 Å². The van der Waals surface area contributed by atoms with Gasteiger partial charge < -0.3 is 0 Å². The van der Waals surface area contributed by atoms with Gasteiger partial charge in [-0.15, -0.1) is 0 Å². The molecule has 0 spiro atoms. The minimum absolute atomic E-state index is 0.144.